The molecule has 1 fully saturated rings. The lowest BCUT2D eigenvalue weighted by molar-refractivity contribution is -0.143. The molecule has 1 unspecified atom stereocenters. The fourth-order valence-corrected chi connectivity index (χ4v) is 2.18. The van der Waals surface area contributed by atoms with Crippen molar-refractivity contribution in [3.8, 4) is 0 Å². The number of carbonyl (C=O) groups excluding carboxylic acids is 1. The Morgan fingerprint density at radius 3 is 2.95 bits per heavy atom. The van der Waals surface area contributed by atoms with Gasteiger partial charge in [-0.15, -0.1) is 0 Å². The van der Waals surface area contributed by atoms with E-state index in [0.29, 0.717) is 13.0 Å². The number of hydrogen-bond acceptors (Lipinski definition) is 3. The van der Waals surface area contributed by atoms with E-state index in [-0.39, 0.29) is 5.97 Å². The van der Waals surface area contributed by atoms with Gasteiger partial charge in [0.15, 0.2) is 0 Å². The first-order chi connectivity index (χ1) is 9.19. The molecule has 19 heavy (non-hydrogen) atoms. The van der Waals surface area contributed by atoms with Crippen molar-refractivity contribution < 1.29 is 9.53 Å². The molecule has 1 saturated heterocycles. The summed E-state index contributed by atoms with van der Waals surface area (Å²) in [5, 5.41) is 0. The van der Waals surface area contributed by atoms with Crippen LogP contribution < -0.4 is 5.73 Å². The predicted molar refractivity (Wildman–Crippen MR) is 78.4 cm³/mol. The Balaban J connectivity index is 1.89. The first-order valence-electron chi connectivity index (χ1n) is 7.05. The highest BCUT2D eigenvalue weighted by Crippen LogP contribution is 2.33. The smallest absolute Gasteiger partial charge is 0.306 e. The van der Waals surface area contributed by atoms with Gasteiger partial charge in [0.25, 0.3) is 0 Å². The first-order valence-corrected chi connectivity index (χ1v) is 7.05. The molecule has 0 aromatic heterocycles. The van der Waals surface area contributed by atoms with E-state index in [2.05, 4.69) is 13.3 Å². The molecule has 0 bridgehead atoms. The molecule has 1 heterocycles. The molecule has 3 nitrogen and oxygen atoms in total. The highest BCUT2D eigenvalue weighted by molar-refractivity contribution is 6.50. The van der Waals surface area contributed by atoms with E-state index >= 15 is 0 Å². The molecule has 0 spiro atoms. The lowest BCUT2D eigenvalue weighted by atomic mass is 9.95. The summed E-state index contributed by atoms with van der Waals surface area (Å²) in [6, 6.07) is 6.09. The van der Waals surface area contributed by atoms with Crippen LogP contribution in [0.1, 0.15) is 30.9 Å². The fourth-order valence-electron chi connectivity index (χ4n) is 2.18. The number of anilines is 1. The third kappa shape index (κ3) is 4.62. The molecule has 0 amide bonds. The molecule has 2 rings (SSSR count). The normalized spacial score (nSPS) is 16.8. The van der Waals surface area contributed by atoms with Gasteiger partial charge < -0.3 is 10.5 Å². The van der Waals surface area contributed by atoms with Gasteiger partial charge in [0.1, 0.15) is 7.28 Å². The molecule has 4 heteroatoms. The number of carbonyl (C=O) groups is 1. The first kappa shape index (κ1) is 14.0. The number of aryl methyl sites for hydroxylation is 2. The molecule has 101 valence electrons. The molecule has 1 aromatic carbocycles. The van der Waals surface area contributed by atoms with Crippen molar-refractivity contribution in [3.63, 3.8) is 0 Å². The summed E-state index contributed by atoms with van der Waals surface area (Å²) in [6.45, 7) is 2.28. The van der Waals surface area contributed by atoms with Crippen molar-refractivity contribution in [2.45, 2.75) is 44.7 Å². The fraction of sp³-hybridized carbons (Fsp3) is 0.533. The van der Waals surface area contributed by atoms with Crippen LogP contribution in [0.2, 0.25) is 12.1 Å². The van der Waals surface area contributed by atoms with E-state index in [4.69, 9.17) is 10.5 Å². The number of benzene rings is 1. The minimum absolute atomic E-state index is 0.131. The van der Waals surface area contributed by atoms with Crippen LogP contribution in [0.3, 0.4) is 0 Å². The van der Waals surface area contributed by atoms with E-state index in [0.717, 1.165) is 29.9 Å². The van der Waals surface area contributed by atoms with Crippen LogP contribution in [0.15, 0.2) is 18.2 Å². The summed E-state index contributed by atoms with van der Waals surface area (Å²) in [5.41, 5.74) is 9.23. The van der Waals surface area contributed by atoms with E-state index < -0.39 is 0 Å². The second-order valence-corrected chi connectivity index (χ2v) is 5.11. The van der Waals surface area contributed by atoms with Gasteiger partial charge in [-0.3, -0.25) is 4.79 Å². The number of nitrogen functional groups attached to an aromatic ring is 1. The van der Waals surface area contributed by atoms with Gasteiger partial charge in [-0.2, -0.15) is 0 Å². The summed E-state index contributed by atoms with van der Waals surface area (Å²) >= 11 is 0. The Hall–Kier alpha value is -1.45. The zero-order chi connectivity index (χ0) is 13.7. The van der Waals surface area contributed by atoms with Crippen molar-refractivity contribution in [2.75, 3.05) is 12.3 Å². The molecule has 1 aromatic rings. The van der Waals surface area contributed by atoms with Gasteiger partial charge in [0, 0.05) is 12.1 Å². The van der Waals surface area contributed by atoms with Crippen molar-refractivity contribution in [1.29, 1.82) is 0 Å². The zero-order valence-corrected chi connectivity index (χ0v) is 11.5. The SMILES string of the molecule is CCOC(=O)CCc1ccc(N)c(CCC2[B]C2)c1. The van der Waals surface area contributed by atoms with Crippen LogP contribution in [0.5, 0.6) is 0 Å². The Morgan fingerprint density at radius 2 is 2.26 bits per heavy atom. The van der Waals surface area contributed by atoms with E-state index in [1.165, 1.54) is 18.3 Å². The quantitative estimate of drug-likeness (QED) is 0.464. The maximum absolute atomic E-state index is 11.3. The topological polar surface area (TPSA) is 52.3 Å². The summed E-state index contributed by atoms with van der Waals surface area (Å²) < 4.78 is 4.94. The van der Waals surface area contributed by atoms with Crippen molar-refractivity contribution >= 4 is 18.9 Å². The number of rotatable bonds is 7. The van der Waals surface area contributed by atoms with Crippen LogP contribution in [0, 0.1) is 0 Å². The van der Waals surface area contributed by atoms with Gasteiger partial charge in [-0.25, -0.2) is 0 Å². The second kappa shape index (κ2) is 6.64. The summed E-state index contributed by atoms with van der Waals surface area (Å²) in [4.78, 5) is 11.3. The van der Waals surface area contributed by atoms with Crippen LogP contribution in [0.4, 0.5) is 5.69 Å². The highest BCUT2D eigenvalue weighted by atomic mass is 16.5. The number of esters is 1. The van der Waals surface area contributed by atoms with Crippen molar-refractivity contribution in [3.05, 3.63) is 29.3 Å². The van der Waals surface area contributed by atoms with Crippen LogP contribution in [0.25, 0.3) is 0 Å². The van der Waals surface area contributed by atoms with Crippen LogP contribution >= 0.6 is 0 Å². The Kier molecular flexibility index (Phi) is 4.89. The standard InChI is InChI=1S/C15H21BNO2/c1-2-19-15(18)8-4-11-3-7-14(17)12(9-11)5-6-13-10-16-13/h3,7,9,13H,2,4-6,8,10,17H2,1H3. The van der Waals surface area contributed by atoms with Gasteiger partial charge in [0.2, 0.25) is 0 Å². The number of nitrogens with two attached hydrogens (primary N) is 1. The molecule has 0 saturated carbocycles. The predicted octanol–water partition coefficient (Wildman–Crippen LogP) is 2.62. The van der Waals surface area contributed by atoms with Crippen LogP contribution in [-0.2, 0) is 22.4 Å². The molecular formula is C15H21BNO2. The largest absolute Gasteiger partial charge is 0.466 e. The molecule has 1 aliphatic rings. The van der Waals surface area contributed by atoms with E-state index in [1.54, 1.807) is 0 Å². The lowest BCUT2D eigenvalue weighted by Gasteiger charge is -2.09. The van der Waals surface area contributed by atoms with Crippen molar-refractivity contribution in [1.82, 2.24) is 0 Å². The van der Waals surface area contributed by atoms with Gasteiger partial charge in [-0.1, -0.05) is 30.7 Å². The lowest BCUT2D eigenvalue weighted by Crippen LogP contribution is -2.05. The summed E-state index contributed by atoms with van der Waals surface area (Å²) in [5.74, 6) is 0.663. The van der Waals surface area contributed by atoms with Crippen LogP contribution in [-0.4, -0.2) is 19.9 Å². The van der Waals surface area contributed by atoms with E-state index in [1.807, 2.05) is 19.1 Å². The second-order valence-electron chi connectivity index (χ2n) is 5.11. The maximum Gasteiger partial charge on any atom is 0.306 e. The van der Waals surface area contributed by atoms with E-state index in [9.17, 15) is 4.79 Å². The zero-order valence-electron chi connectivity index (χ0n) is 11.5. The molecule has 1 aliphatic heterocycles. The average molecular weight is 258 g/mol. The Morgan fingerprint density at radius 1 is 1.47 bits per heavy atom. The molecule has 2 N–H and O–H groups in total. The van der Waals surface area contributed by atoms with Gasteiger partial charge >= 0.3 is 5.97 Å². The summed E-state index contributed by atoms with van der Waals surface area (Å²) in [7, 11) is 2.33. The number of hydrogen-bond donors (Lipinski definition) is 1. The monoisotopic (exact) mass is 258 g/mol. The molecule has 0 aliphatic carbocycles. The molecule has 1 atom stereocenters. The minimum atomic E-state index is -0.131. The van der Waals surface area contributed by atoms with Gasteiger partial charge in [0.05, 0.1) is 6.61 Å². The third-order valence-corrected chi connectivity index (χ3v) is 3.48. The maximum atomic E-state index is 11.3. The average Bonchev–Trinajstić information content (AvgIpc) is 3.21. The molecular weight excluding hydrogens is 237 g/mol. The Labute approximate surface area is 115 Å². The van der Waals surface area contributed by atoms with Crippen molar-refractivity contribution in [2.24, 2.45) is 0 Å². The number of ether oxygens (including phenoxy) is 1. The minimum Gasteiger partial charge on any atom is -0.466 e. The molecule has 1 radical (unpaired) electrons. The highest BCUT2D eigenvalue weighted by Gasteiger charge is 2.22. The Bertz CT molecular complexity index is 444. The summed E-state index contributed by atoms with van der Waals surface area (Å²) in [6.07, 6.45) is 4.63. The third-order valence-electron chi connectivity index (χ3n) is 3.48. The van der Waals surface area contributed by atoms with Gasteiger partial charge in [-0.05, 0) is 37.0 Å².